The summed E-state index contributed by atoms with van der Waals surface area (Å²) in [5.41, 5.74) is -0.891. The van der Waals surface area contributed by atoms with Crippen molar-refractivity contribution in [2.75, 3.05) is 31.1 Å². The molecule has 2 N–H and O–H groups in total. The van der Waals surface area contributed by atoms with Gasteiger partial charge < -0.3 is 20.0 Å². The molecule has 8 heteroatoms. The Morgan fingerprint density at radius 1 is 1.09 bits per heavy atom. The minimum Gasteiger partial charge on any atom is -0.388 e. The van der Waals surface area contributed by atoms with Crippen molar-refractivity contribution < 1.29 is 15.0 Å². The normalized spacial score (nSPS) is 22.8. The largest absolute Gasteiger partial charge is 0.388 e. The number of nitrogens with zero attached hydrogens (tertiary/aromatic N) is 4. The first-order valence-corrected chi connectivity index (χ1v) is 11.3. The molecule has 1 amide bonds. The molecule has 2 saturated heterocycles. The Kier molecular flexibility index (Phi) is 6.35. The number of aliphatic hydroxyl groups is 2. The van der Waals surface area contributed by atoms with Gasteiger partial charge in [0.25, 0.3) is 5.56 Å². The first-order chi connectivity index (χ1) is 15.2. The van der Waals surface area contributed by atoms with Crippen LogP contribution >= 0.6 is 0 Å². The van der Waals surface area contributed by atoms with E-state index in [-0.39, 0.29) is 18.0 Å². The molecule has 2 aliphatic heterocycles. The van der Waals surface area contributed by atoms with E-state index in [9.17, 15) is 19.8 Å². The van der Waals surface area contributed by atoms with Crippen LogP contribution in [0.5, 0.6) is 0 Å². The Morgan fingerprint density at radius 3 is 2.44 bits per heavy atom. The van der Waals surface area contributed by atoms with E-state index in [0.29, 0.717) is 64.1 Å². The number of carbonyl (C=O) groups is 1. The van der Waals surface area contributed by atoms with Crippen molar-refractivity contribution in [3.05, 3.63) is 58.6 Å². The number of carbonyl (C=O) groups excluding carboxylic acids is 1. The predicted molar refractivity (Wildman–Crippen MR) is 121 cm³/mol. The third-order valence-corrected chi connectivity index (χ3v) is 6.62. The van der Waals surface area contributed by atoms with Crippen molar-refractivity contribution in [2.24, 2.45) is 0 Å². The van der Waals surface area contributed by atoms with E-state index < -0.39 is 11.2 Å². The molecule has 1 atom stereocenters. The van der Waals surface area contributed by atoms with E-state index in [4.69, 9.17) is 0 Å². The number of amides is 1. The molecule has 8 nitrogen and oxygen atoms in total. The number of anilines is 1. The summed E-state index contributed by atoms with van der Waals surface area (Å²) in [6.07, 6.45) is 4.12. The van der Waals surface area contributed by atoms with Crippen molar-refractivity contribution in [3.8, 4) is 0 Å². The lowest BCUT2D eigenvalue weighted by Gasteiger charge is -2.38. The van der Waals surface area contributed by atoms with Crippen LogP contribution in [0.3, 0.4) is 0 Å². The predicted octanol–water partition coefficient (Wildman–Crippen LogP) is 1.19. The zero-order chi connectivity index (χ0) is 22.8. The number of rotatable bonds is 6. The highest BCUT2D eigenvalue weighted by Crippen LogP contribution is 2.26. The molecule has 0 saturated carbocycles. The monoisotopic (exact) mass is 440 g/mol. The lowest BCUT2D eigenvalue weighted by Crippen LogP contribution is -2.49. The second kappa shape index (κ2) is 9.03. The zero-order valence-corrected chi connectivity index (χ0v) is 18.6. The van der Waals surface area contributed by atoms with Crippen LogP contribution in [-0.2, 0) is 17.8 Å². The SMILES string of the molecule is CC1(O)CCN(c2cc(=O)n(CC3(O)CCN(C(=O)CCc4ccccc4)CC3)cn2)C1. The van der Waals surface area contributed by atoms with E-state index in [1.807, 2.05) is 35.2 Å². The molecule has 0 aliphatic carbocycles. The summed E-state index contributed by atoms with van der Waals surface area (Å²) in [5, 5.41) is 21.2. The Hall–Kier alpha value is -2.71. The van der Waals surface area contributed by atoms with Crippen molar-refractivity contribution in [1.82, 2.24) is 14.5 Å². The van der Waals surface area contributed by atoms with Gasteiger partial charge in [-0.2, -0.15) is 0 Å². The fourth-order valence-electron chi connectivity index (χ4n) is 4.55. The number of piperidine rings is 1. The quantitative estimate of drug-likeness (QED) is 0.700. The van der Waals surface area contributed by atoms with Crippen LogP contribution in [-0.4, -0.2) is 68.0 Å². The summed E-state index contributed by atoms with van der Waals surface area (Å²) in [6.45, 7) is 3.99. The van der Waals surface area contributed by atoms with Gasteiger partial charge in [0.15, 0.2) is 0 Å². The van der Waals surface area contributed by atoms with Crippen LogP contribution in [0.15, 0.2) is 47.5 Å². The Morgan fingerprint density at radius 2 is 1.81 bits per heavy atom. The van der Waals surface area contributed by atoms with Crippen LogP contribution in [0.4, 0.5) is 5.82 Å². The molecule has 0 spiro atoms. The summed E-state index contributed by atoms with van der Waals surface area (Å²) < 4.78 is 1.44. The minimum absolute atomic E-state index is 0.0978. The lowest BCUT2D eigenvalue weighted by molar-refractivity contribution is -0.135. The molecule has 2 fully saturated rings. The lowest BCUT2D eigenvalue weighted by atomic mass is 9.91. The van der Waals surface area contributed by atoms with Gasteiger partial charge in [-0.3, -0.25) is 14.2 Å². The second-order valence-corrected chi connectivity index (χ2v) is 9.47. The van der Waals surface area contributed by atoms with Crippen LogP contribution in [0, 0.1) is 0 Å². The molecule has 3 heterocycles. The summed E-state index contributed by atoms with van der Waals surface area (Å²) in [5.74, 6) is 0.649. The number of aryl methyl sites for hydroxylation is 1. The Bertz CT molecular complexity index is 997. The number of aromatic nitrogens is 2. The minimum atomic E-state index is -1.04. The van der Waals surface area contributed by atoms with Gasteiger partial charge in [-0.05, 0) is 38.2 Å². The molecule has 4 rings (SSSR count). The zero-order valence-electron chi connectivity index (χ0n) is 18.6. The number of β-amino-alcohol motifs (C(OH)–C–C–N with tert-alkyl or cyclic N) is 1. The molecule has 2 aromatic rings. The van der Waals surface area contributed by atoms with Crippen molar-refractivity contribution >= 4 is 11.7 Å². The standard InChI is InChI=1S/C24H32N4O4/c1-23(31)9-12-27(16-23)20-15-22(30)28(18-25-20)17-24(32)10-13-26(14-11-24)21(29)8-7-19-5-3-2-4-6-19/h2-6,15,18,31-32H,7-14,16-17H2,1H3. The summed E-state index contributed by atoms with van der Waals surface area (Å²) in [7, 11) is 0. The topological polar surface area (TPSA) is 98.9 Å². The van der Waals surface area contributed by atoms with Crippen LogP contribution in [0.1, 0.15) is 38.2 Å². The van der Waals surface area contributed by atoms with E-state index in [1.165, 1.54) is 17.0 Å². The third-order valence-electron chi connectivity index (χ3n) is 6.62. The van der Waals surface area contributed by atoms with Crippen molar-refractivity contribution in [3.63, 3.8) is 0 Å². The smallest absolute Gasteiger partial charge is 0.255 e. The Labute approximate surface area is 188 Å². The molecule has 0 radical (unpaired) electrons. The van der Waals surface area contributed by atoms with Gasteiger partial charge in [0.05, 0.1) is 24.1 Å². The van der Waals surface area contributed by atoms with E-state index >= 15 is 0 Å². The van der Waals surface area contributed by atoms with Gasteiger partial charge in [-0.1, -0.05) is 30.3 Å². The molecule has 172 valence electrons. The van der Waals surface area contributed by atoms with Crippen molar-refractivity contribution in [1.29, 1.82) is 0 Å². The van der Waals surface area contributed by atoms with Gasteiger partial charge in [-0.25, -0.2) is 4.98 Å². The maximum atomic E-state index is 12.6. The summed E-state index contributed by atoms with van der Waals surface area (Å²) in [4.78, 5) is 33.3. The molecule has 1 aromatic carbocycles. The molecular formula is C24H32N4O4. The second-order valence-electron chi connectivity index (χ2n) is 9.47. The Balaban J connectivity index is 1.31. The van der Waals surface area contributed by atoms with Gasteiger partial charge in [0.1, 0.15) is 5.82 Å². The maximum absolute atomic E-state index is 12.6. The highest BCUT2D eigenvalue weighted by atomic mass is 16.3. The van der Waals surface area contributed by atoms with E-state index in [0.717, 1.165) is 5.56 Å². The first kappa shape index (κ1) is 22.5. The number of likely N-dealkylation sites (tertiary alicyclic amines) is 1. The van der Waals surface area contributed by atoms with Crippen molar-refractivity contribution in [2.45, 2.75) is 56.8 Å². The highest BCUT2D eigenvalue weighted by Gasteiger charge is 2.35. The third kappa shape index (κ3) is 5.37. The molecule has 1 unspecified atom stereocenters. The maximum Gasteiger partial charge on any atom is 0.255 e. The number of hydrogen-bond donors (Lipinski definition) is 2. The average Bonchev–Trinajstić information content (AvgIpc) is 3.14. The average molecular weight is 441 g/mol. The fourth-order valence-corrected chi connectivity index (χ4v) is 4.55. The summed E-state index contributed by atoms with van der Waals surface area (Å²) >= 11 is 0. The van der Waals surface area contributed by atoms with Crippen LogP contribution in [0.2, 0.25) is 0 Å². The van der Waals surface area contributed by atoms with E-state index in [2.05, 4.69) is 4.98 Å². The number of benzene rings is 1. The van der Waals surface area contributed by atoms with E-state index in [1.54, 1.807) is 11.8 Å². The summed E-state index contributed by atoms with van der Waals surface area (Å²) in [6, 6.07) is 11.4. The fraction of sp³-hybridized carbons (Fsp3) is 0.542. The van der Waals surface area contributed by atoms with Gasteiger partial charge in [0.2, 0.25) is 5.91 Å². The molecule has 0 bridgehead atoms. The highest BCUT2D eigenvalue weighted by molar-refractivity contribution is 5.76. The van der Waals surface area contributed by atoms with Gasteiger partial charge in [-0.15, -0.1) is 0 Å². The molecular weight excluding hydrogens is 408 g/mol. The number of hydrogen-bond acceptors (Lipinski definition) is 6. The van der Waals surface area contributed by atoms with Gasteiger partial charge in [0, 0.05) is 38.7 Å². The molecule has 32 heavy (non-hydrogen) atoms. The van der Waals surface area contributed by atoms with Crippen LogP contribution < -0.4 is 10.5 Å². The molecule has 2 aliphatic rings. The first-order valence-electron chi connectivity index (χ1n) is 11.3. The van der Waals surface area contributed by atoms with Crippen LogP contribution in [0.25, 0.3) is 0 Å². The molecule has 1 aromatic heterocycles. The van der Waals surface area contributed by atoms with Gasteiger partial charge >= 0.3 is 0 Å².